The van der Waals surface area contributed by atoms with E-state index >= 15 is 0 Å². The molecule has 0 saturated heterocycles. The summed E-state index contributed by atoms with van der Waals surface area (Å²) in [6.07, 6.45) is 33.6. The first-order chi connectivity index (χ1) is 19.3. The van der Waals surface area contributed by atoms with Gasteiger partial charge in [-0.3, -0.25) is 0 Å². The summed E-state index contributed by atoms with van der Waals surface area (Å²) in [5.74, 6) is 1.47. The van der Waals surface area contributed by atoms with Gasteiger partial charge < -0.3 is 18.9 Å². The van der Waals surface area contributed by atoms with Gasteiger partial charge in [-0.25, -0.2) is 0 Å². The molecule has 0 bridgehead atoms. The van der Waals surface area contributed by atoms with Gasteiger partial charge in [0.1, 0.15) is 0 Å². The van der Waals surface area contributed by atoms with Crippen molar-refractivity contribution in [1.82, 2.24) is 0 Å². The van der Waals surface area contributed by atoms with Gasteiger partial charge in [0.2, 0.25) is 0 Å². The van der Waals surface area contributed by atoms with E-state index in [1.165, 1.54) is 141 Å². The summed E-state index contributed by atoms with van der Waals surface area (Å²) in [5, 5.41) is 0. The molecule has 0 atom stereocenters. The predicted molar refractivity (Wildman–Crippen MR) is 169 cm³/mol. The fourth-order valence-corrected chi connectivity index (χ4v) is 4.98. The molecule has 0 aromatic carbocycles. The maximum Gasteiger partial charge on any atom is 0.321 e. The van der Waals surface area contributed by atoms with Crippen molar-refractivity contribution < 1.29 is 18.9 Å². The largest absolute Gasteiger partial charge is 0.491 e. The Morgan fingerprint density at radius 3 is 1.15 bits per heavy atom. The normalized spacial score (nSPS) is 12.0. The highest BCUT2D eigenvalue weighted by molar-refractivity contribution is 4.95. The second-order valence-corrected chi connectivity index (χ2v) is 11.5. The summed E-state index contributed by atoms with van der Waals surface area (Å²) in [5.41, 5.74) is 0. The van der Waals surface area contributed by atoms with Gasteiger partial charge >= 0.3 is 5.95 Å². The molecule has 0 unspecified atom stereocenters. The Morgan fingerprint density at radius 1 is 0.385 bits per heavy atom. The van der Waals surface area contributed by atoms with Crippen LogP contribution in [0.5, 0.6) is 0 Å². The van der Waals surface area contributed by atoms with Crippen LogP contribution in [0.3, 0.4) is 0 Å². The molecule has 39 heavy (non-hydrogen) atoms. The monoisotopic (exact) mass is 555 g/mol. The molecule has 234 valence electrons. The average Bonchev–Trinajstić information content (AvgIpc) is 2.95. The Kier molecular flexibility index (Phi) is 32.5. The minimum atomic E-state index is 0.204. The molecule has 0 amide bonds. The van der Waals surface area contributed by atoms with Crippen molar-refractivity contribution in [2.24, 2.45) is 0 Å². The van der Waals surface area contributed by atoms with Gasteiger partial charge in [-0.15, -0.1) is 0 Å². The second kappa shape index (κ2) is 33.3. The first kappa shape index (κ1) is 38.1. The fourth-order valence-electron chi connectivity index (χ4n) is 4.98. The molecule has 0 aliphatic carbocycles. The molecule has 0 saturated carbocycles. The van der Waals surface area contributed by atoms with E-state index in [0.29, 0.717) is 12.6 Å². The van der Waals surface area contributed by atoms with Gasteiger partial charge in [-0.05, 0) is 19.3 Å². The molecular weight excluding hydrogens is 484 g/mol. The van der Waals surface area contributed by atoms with Crippen LogP contribution in [0, 0.1) is 0 Å². The smallest absolute Gasteiger partial charge is 0.321 e. The molecule has 0 aromatic rings. The quantitative estimate of drug-likeness (QED) is 0.0459. The molecule has 0 fully saturated rings. The summed E-state index contributed by atoms with van der Waals surface area (Å²) < 4.78 is 23.6. The number of allylic oxidation sites excluding steroid dienone is 1. The van der Waals surface area contributed by atoms with E-state index in [2.05, 4.69) is 20.8 Å². The molecule has 4 nitrogen and oxygen atoms in total. The van der Waals surface area contributed by atoms with Crippen molar-refractivity contribution in [3.05, 3.63) is 11.7 Å². The third-order valence-corrected chi connectivity index (χ3v) is 7.55. The number of ether oxygens (including phenoxy) is 4. The van der Waals surface area contributed by atoms with E-state index in [1.54, 1.807) is 7.11 Å². The molecule has 0 N–H and O–H groups in total. The first-order valence-corrected chi connectivity index (χ1v) is 17.4. The van der Waals surface area contributed by atoms with Crippen molar-refractivity contribution >= 4 is 0 Å². The molecule has 4 heteroatoms. The summed E-state index contributed by atoms with van der Waals surface area (Å²) in [7, 11) is 1.66. The van der Waals surface area contributed by atoms with Gasteiger partial charge in [-0.1, -0.05) is 162 Å². The van der Waals surface area contributed by atoms with Crippen molar-refractivity contribution in [2.75, 3.05) is 27.1 Å². The topological polar surface area (TPSA) is 36.9 Å². The number of hydrogen-bond acceptors (Lipinski definition) is 4. The van der Waals surface area contributed by atoms with Crippen molar-refractivity contribution in [3.63, 3.8) is 0 Å². The molecule has 0 aliphatic rings. The number of methoxy groups -OCH3 is 1. The maximum absolute atomic E-state index is 6.33. The van der Waals surface area contributed by atoms with Crippen LogP contribution in [0.15, 0.2) is 11.7 Å². The molecule has 0 spiro atoms. The predicted octanol–water partition coefficient (Wildman–Crippen LogP) is 12.0. The number of rotatable bonds is 33. The van der Waals surface area contributed by atoms with Crippen LogP contribution in [-0.4, -0.2) is 27.1 Å². The lowest BCUT2D eigenvalue weighted by Gasteiger charge is -2.17. The van der Waals surface area contributed by atoms with E-state index in [-0.39, 0.29) is 6.79 Å². The zero-order valence-electron chi connectivity index (χ0n) is 27.1. The van der Waals surface area contributed by atoms with E-state index in [9.17, 15) is 0 Å². The van der Waals surface area contributed by atoms with Crippen LogP contribution in [-0.2, 0) is 18.9 Å². The van der Waals surface area contributed by atoms with Gasteiger partial charge in [-0.2, -0.15) is 0 Å². The van der Waals surface area contributed by atoms with E-state index < -0.39 is 0 Å². The Morgan fingerprint density at radius 2 is 0.744 bits per heavy atom. The van der Waals surface area contributed by atoms with E-state index in [1.807, 2.05) is 0 Å². The zero-order chi connectivity index (χ0) is 28.5. The third-order valence-electron chi connectivity index (χ3n) is 7.55. The van der Waals surface area contributed by atoms with Gasteiger partial charge in [0.05, 0.1) is 13.2 Å². The molecular formula is C35H70O4. The summed E-state index contributed by atoms with van der Waals surface area (Å²) in [4.78, 5) is 0. The minimum Gasteiger partial charge on any atom is -0.491 e. The van der Waals surface area contributed by atoms with Crippen LogP contribution in [0.1, 0.15) is 188 Å². The highest BCUT2D eigenvalue weighted by atomic mass is 16.7. The second-order valence-electron chi connectivity index (χ2n) is 11.5. The average molecular weight is 555 g/mol. The summed E-state index contributed by atoms with van der Waals surface area (Å²) in [6.45, 7) is 8.48. The van der Waals surface area contributed by atoms with Crippen LogP contribution >= 0.6 is 0 Å². The third kappa shape index (κ3) is 28.4. The highest BCUT2D eigenvalue weighted by Crippen LogP contribution is 2.21. The highest BCUT2D eigenvalue weighted by Gasteiger charge is 2.13. The molecule has 0 aromatic heterocycles. The van der Waals surface area contributed by atoms with E-state index in [4.69, 9.17) is 18.9 Å². The Labute approximate surface area is 245 Å². The van der Waals surface area contributed by atoms with Crippen LogP contribution < -0.4 is 0 Å². The first-order valence-electron chi connectivity index (χ1n) is 17.4. The zero-order valence-corrected chi connectivity index (χ0v) is 27.1. The van der Waals surface area contributed by atoms with Crippen molar-refractivity contribution in [3.8, 4) is 0 Å². The van der Waals surface area contributed by atoms with Crippen LogP contribution in [0.4, 0.5) is 0 Å². The van der Waals surface area contributed by atoms with Crippen LogP contribution in [0.2, 0.25) is 0 Å². The molecule has 0 rings (SSSR count). The Hall–Kier alpha value is -0.900. The van der Waals surface area contributed by atoms with Crippen LogP contribution in [0.25, 0.3) is 0 Å². The SMILES string of the molecule is CCCCCCCCCCCC(OCCCCCCCCCC)=C(OCCCCCCCCCC)OCOC. The summed E-state index contributed by atoms with van der Waals surface area (Å²) >= 11 is 0. The number of hydrogen-bond donors (Lipinski definition) is 0. The lowest BCUT2D eigenvalue weighted by molar-refractivity contribution is -0.0692. The van der Waals surface area contributed by atoms with Gasteiger partial charge in [0.25, 0.3) is 0 Å². The lowest BCUT2D eigenvalue weighted by Crippen LogP contribution is -2.09. The summed E-state index contributed by atoms with van der Waals surface area (Å²) in [6, 6.07) is 0. The fraction of sp³-hybridized carbons (Fsp3) is 0.943. The van der Waals surface area contributed by atoms with Gasteiger partial charge in [0.15, 0.2) is 12.6 Å². The van der Waals surface area contributed by atoms with Crippen molar-refractivity contribution in [1.29, 1.82) is 0 Å². The van der Waals surface area contributed by atoms with Gasteiger partial charge in [0, 0.05) is 13.5 Å². The maximum atomic E-state index is 6.33. The Balaban J connectivity index is 4.58. The molecule has 0 heterocycles. The lowest BCUT2D eigenvalue weighted by atomic mass is 10.1. The minimum absolute atomic E-state index is 0.204. The van der Waals surface area contributed by atoms with E-state index in [0.717, 1.165) is 38.0 Å². The molecule has 0 aliphatic heterocycles. The standard InChI is InChI=1S/C35H70O4/c1-5-8-11-14-17-20-21-24-27-30-34(37-31-28-25-22-18-15-12-9-6-2)35(39-33-36-4)38-32-29-26-23-19-16-13-10-7-3/h5-33H2,1-4H3. The van der Waals surface area contributed by atoms with Crippen molar-refractivity contribution in [2.45, 2.75) is 188 Å². The molecule has 0 radical (unpaired) electrons. The Bertz CT molecular complexity index is 467. The number of unbranched alkanes of at least 4 members (excludes halogenated alkanes) is 22.